The van der Waals surface area contributed by atoms with Gasteiger partial charge in [-0.1, -0.05) is 6.07 Å². The van der Waals surface area contributed by atoms with Crippen molar-refractivity contribution in [3.05, 3.63) is 52.1 Å². The number of nitrogens with one attached hydrogen (secondary N) is 1. The number of rotatable bonds is 5. The zero-order chi connectivity index (χ0) is 15.8. The smallest absolute Gasteiger partial charge is 0.223 e. The topological polar surface area (TPSA) is 59.3 Å². The molecule has 3 aromatic heterocycles. The molecule has 118 valence electrons. The summed E-state index contributed by atoms with van der Waals surface area (Å²) in [7, 11) is 0. The average molecular weight is 326 g/mol. The number of pyridine rings is 1. The molecule has 0 aromatic carbocycles. The van der Waals surface area contributed by atoms with Crippen LogP contribution in [0.2, 0.25) is 0 Å². The highest BCUT2D eigenvalue weighted by atomic mass is 32.1. The molecule has 0 spiro atoms. The highest BCUT2D eigenvalue weighted by molar-refractivity contribution is 7.12. The van der Waals surface area contributed by atoms with Gasteiger partial charge in [-0.3, -0.25) is 9.20 Å². The molecule has 1 saturated carbocycles. The first kappa shape index (κ1) is 14.4. The molecule has 1 aliphatic rings. The molecular weight excluding hydrogens is 308 g/mol. The van der Waals surface area contributed by atoms with Gasteiger partial charge in [0.15, 0.2) is 5.65 Å². The Morgan fingerprint density at radius 3 is 3.09 bits per heavy atom. The lowest BCUT2D eigenvalue weighted by molar-refractivity contribution is -0.122. The minimum atomic E-state index is 0.142. The molecule has 1 aliphatic carbocycles. The minimum Gasteiger partial charge on any atom is -0.355 e. The van der Waals surface area contributed by atoms with Crippen LogP contribution in [-0.4, -0.2) is 27.0 Å². The largest absolute Gasteiger partial charge is 0.355 e. The van der Waals surface area contributed by atoms with E-state index in [4.69, 9.17) is 0 Å². The third-order valence-electron chi connectivity index (χ3n) is 4.29. The van der Waals surface area contributed by atoms with Crippen molar-refractivity contribution in [2.45, 2.75) is 25.7 Å². The van der Waals surface area contributed by atoms with Crippen LogP contribution in [0.25, 0.3) is 5.65 Å². The van der Waals surface area contributed by atoms with Crippen LogP contribution in [0.5, 0.6) is 0 Å². The molecule has 2 atom stereocenters. The monoisotopic (exact) mass is 326 g/mol. The first-order chi connectivity index (χ1) is 11.2. The van der Waals surface area contributed by atoms with Gasteiger partial charge in [0.25, 0.3) is 0 Å². The van der Waals surface area contributed by atoms with Gasteiger partial charge in [-0.2, -0.15) is 0 Å². The summed E-state index contributed by atoms with van der Waals surface area (Å²) in [6.07, 6.45) is 3.61. The van der Waals surface area contributed by atoms with Crippen LogP contribution in [0.4, 0.5) is 0 Å². The lowest BCUT2D eigenvalue weighted by atomic mass is 10.2. The van der Waals surface area contributed by atoms with Crippen LogP contribution >= 0.6 is 11.3 Å². The summed E-state index contributed by atoms with van der Waals surface area (Å²) in [6, 6.07) is 10.1. The average Bonchev–Trinajstić information content (AvgIpc) is 3.08. The number of hydrogen-bond donors (Lipinski definition) is 1. The fourth-order valence-electron chi connectivity index (χ4n) is 2.94. The zero-order valence-electron chi connectivity index (χ0n) is 12.9. The summed E-state index contributed by atoms with van der Waals surface area (Å²) in [5.74, 6) is 1.60. The van der Waals surface area contributed by atoms with E-state index in [9.17, 15) is 4.79 Å². The lowest BCUT2D eigenvalue weighted by Crippen LogP contribution is -2.28. The van der Waals surface area contributed by atoms with Crippen LogP contribution in [0.15, 0.2) is 36.5 Å². The second-order valence-corrected chi connectivity index (χ2v) is 7.30. The second kappa shape index (κ2) is 5.77. The third kappa shape index (κ3) is 2.86. The number of amides is 1. The third-order valence-corrected chi connectivity index (χ3v) is 5.42. The van der Waals surface area contributed by atoms with Crippen molar-refractivity contribution in [2.24, 2.45) is 5.92 Å². The van der Waals surface area contributed by atoms with Gasteiger partial charge in [0, 0.05) is 40.8 Å². The van der Waals surface area contributed by atoms with E-state index in [1.165, 1.54) is 9.75 Å². The Morgan fingerprint density at radius 2 is 2.26 bits per heavy atom. The number of nitrogens with zero attached hydrogens (tertiary/aromatic N) is 3. The fourth-order valence-corrected chi connectivity index (χ4v) is 4.00. The summed E-state index contributed by atoms with van der Waals surface area (Å²) >= 11 is 1.80. The van der Waals surface area contributed by atoms with E-state index in [2.05, 4.69) is 34.6 Å². The standard InChI is InChI=1S/C17H18N4OS/c1-11-5-6-14(23-11)12-10-13(12)17(22)18-8-7-16-20-19-15-4-2-3-9-21(15)16/h2-6,9,12-13H,7-8,10H2,1H3,(H,18,22). The molecule has 4 rings (SSSR count). The maximum atomic E-state index is 12.2. The van der Waals surface area contributed by atoms with E-state index < -0.39 is 0 Å². The summed E-state index contributed by atoms with van der Waals surface area (Å²) in [5.41, 5.74) is 0.837. The van der Waals surface area contributed by atoms with Gasteiger partial charge in [0.2, 0.25) is 5.91 Å². The Bertz CT molecular complexity index is 853. The first-order valence-corrected chi connectivity index (χ1v) is 8.67. The van der Waals surface area contributed by atoms with Crippen LogP contribution in [0.1, 0.15) is 27.9 Å². The molecule has 1 N–H and O–H groups in total. The molecule has 2 unspecified atom stereocenters. The Kier molecular flexibility index (Phi) is 3.61. The summed E-state index contributed by atoms with van der Waals surface area (Å²) in [6.45, 7) is 2.70. The maximum Gasteiger partial charge on any atom is 0.223 e. The number of hydrogen-bond acceptors (Lipinski definition) is 4. The van der Waals surface area contributed by atoms with E-state index in [1.807, 2.05) is 28.8 Å². The van der Waals surface area contributed by atoms with Crippen LogP contribution in [0.3, 0.4) is 0 Å². The normalized spacial score (nSPS) is 19.9. The van der Waals surface area contributed by atoms with Crippen molar-refractivity contribution < 1.29 is 4.79 Å². The zero-order valence-corrected chi connectivity index (χ0v) is 13.7. The molecule has 0 radical (unpaired) electrons. The highest BCUT2D eigenvalue weighted by Gasteiger charge is 2.44. The van der Waals surface area contributed by atoms with Gasteiger partial charge >= 0.3 is 0 Å². The number of fused-ring (bicyclic) bond motifs is 1. The lowest BCUT2D eigenvalue weighted by Gasteiger charge is -2.04. The fraction of sp³-hybridized carbons (Fsp3) is 0.353. The molecule has 0 bridgehead atoms. The number of aryl methyl sites for hydroxylation is 1. The molecular formula is C17H18N4OS. The van der Waals surface area contributed by atoms with Crippen molar-refractivity contribution in [1.29, 1.82) is 0 Å². The number of carbonyl (C=O) groups excluding carboxylic acids is 1. The Labute approximate surface area is 138 Å². The van der Waals surface area contributed by atoms with Gasteiger partial charge in [-0.05, 0) is 37.6 Å². The van der Waals surface area contributed by atoms with E-state index in [1.54, 1.807) is 11.3 Å². The van der Waals surface area contributed by atoms with E-state index in [-0.39, 0.29) is 11.8 Å². The molecule has 1 amide bonds. The van der Waals surface area contributed by atoms with Crippen molar-refractivity contribution >= 4 is 22.9 Å². The number of thiophene rings is 1. The predicted octanol–water partition coefficient (Wildman–Crippen LogP) is 2.56. The van der Waals surface area contributed by atoms with Crippen LogP contribution < -0.4 is 5.32 Å². The Morgan fingerprint density at radius 1 is 1.35 bits per heavy atom. The van der Waals surface area contributed by atoms with Gasteiger partial charge in [0.1, 0.15) is 5.82 Å². The summed E-state index contributed by atoms with van der Waals surface area (Å²) in [5, 5.41) is 11.3. The van der Waals surface area contributed by atoms with Crippen molar-refractivity contribution in [3.63, 3.8) is 0 Å². The van der Waals surface area contributed by atoms with E-state index in [0.29, 0.717) is 18.9 Å². The molecule has 5 nitrogen and oxygen atoms in total. The number of carbonyl (C=O) groups is 1. The van der Waals surface area contributed by atoms with Crippen molar-refractivity contribution in [2.75, 3.05) is 6.54 Å². The van der Waals surface area contributed by atoms with Crippen molar-refractivity contribution in [1.82, 2.24) is 19.9 Å². The molecule has 3 heterocycles. The predicted molar refractivity (Wildman–Crippen MR) is 89.6 cm³/mol. The molecule has 3 aromatic rings. The Hall–Kier alpha value is -2.21. The highest BCUT2D eigenvalue weighted by Crippen LogP contribution is 2.49. The van der Waals surface area contributed by atoms with Gasteiger partial charge in [0.05, 0.1) is 0 Å². The van der Waals surface area contributed by atoms with Crippen molar-refractivity contribution in [3.8, 4) is 0 Å². The van der Waals surface area contributed by atoms with Crippen LogP contribution in [-0.2, 0) is 11.2 Å². The maximum absolute atomic E-state index is 12.2. The van der Waals surface area contributed by atoms with E-state index in [0.717, 1.165) is 17.9 Å². The Balaban J connectivity index is 1.31. The van der Waals surface area contributed by atoms with Crippen LogP contribution in [0, 0.1) is 12.8 Å². The molecule has 1 fully saturated rings. The molecule has 23 heavy (non-hydrogen) atoms. The quantitative estimate of drug-likeness (QED) is 0.784. The van der Waals surface area contributed by atoms with E-state index >= 15 is 0 Å². The molecule has 6 heteroatoms. The van der Waals surface area contributed by atoms with Gasteiger partial charge in [-0.25, -0.2) is 0 Å². The molecule has 0 aliphatic heterocycles. The SMILES string of the molecule is Cc1ccc(C2CC2C(=O)NCCc2nnc3ccccn23)s1. The minimum absolute atomic E-state index is 0.142. The molecule has 0 saturated heterocycles. The first-order valence-electron chi connectivity index (χ1n) is 7.85. The van der Waals surface area contributed by atoms with Gasteiger partial charge in [-0.15, -0.1) is 21.5 Å². The summed E-state index contributed by atoms with van der Waals surface area (Å²) < 4.78 is 1.96. The summed E-state index contributed by atoms with van der Waals surface area (Å²) in [4.78, 5) is 14.9. The second-order valence-electron chi connectivity index (χ2n) is 5.98. The number of aromatic nitrogens is 3. The van der Waals surface area contributed by atoms with Gasteiger partial charge < -0.3 is 5.32 Å².